The third-order valence-electron chi connectivity index (χ3n) is 3.36. The lowest BCUT2D eigenvalue weighted by molar-refractivity contribution is 0.537. The maximum absolute atomic E-state index is 13.7. The molecule has 0 radical (unpaired) electrons. The molecule has 1 atom stereocenters. The summed E-state index contributed by atoms with van der Waals surface area (Å²) in [6.07, 6.45) is 1.05. The minimum Gasteiger partial charge on any atom is -0.310 e. The molecule has 0 aromatic heterocycles. The fourth-order valence-corrected chi connectivity index (χ4v) is 2.33. The van der Waals surface area contributed by atoms with Crippen LogP contribution in [0.2, 0.25) is 0 Å². The molecule has 0 saturated carbocycles. The summed E-state index contributed by atoms with van der Waals surface area (Å²) in [4.78, 5) is 0. The Balaban J connectivity index is 2.26. The number of nitrogens with one attached hydrogen (secondary N) is 1. The van der Waals surface area contributed by atoms with E-state index in [-0.39, 0.29) is 5.82 Å². The Labute approximate surface area is 114 Å². The van der Waals surface area contributed by atoms with Crippen LogP contribution in [0, 0.1) is 5.82 Å². The van der Waals surface area contributed by atoms with Crippen LogP contribution >= 0.6 is 0 Å². The smallest absolute Gasteiger partial charge is 0.131 e. The van der Waals surface area contributed by atoms with Gasteiger partial charge in [-0.25, -0.2) is 4.39 Å². The largest absolute Gasteiger partial charge is 0.310 e. The molecular formula is C17H20FN. The minimum atomic E-state index is -0.172. The lowest BCUT2D eigenvalue weighted by Crippen LogP contribution is -2.19. The Hall–Kier alpha value is -1.67. The van der Waals surface area contributed by atoms with Crippen molar-refractivity contribution in [3.63, 3.8) is 0 Å². The van der Waals surface area contributed by atoms with E-state index in [4.69, 9.17) is 0 Å². The van der Waals surface area contributed by atoms with Crippen molar-refractivity contribution in [2.75, 3.05) is 6.54 Å². The molecular weight excluding hydrogens is 237 g/mol. The molecule has 19 heavy (non-hydrogen) atoms. The molecule has 0 fully saturated rings. The van der Waals surface area contributed by atoms with Crippen LogP contribution in [0.5, 0.6) is 0 Å². The van der Waals surface area contributed by atoms with Gasteiger partial charge >= 0.3 is 0 Å². The number of hydrogen-bond donors (Lipinski definition) is 1. The van der Waals surface area contributed by atoms with Gasteiger partial charge < -0.3 is 5.32 Å². The Morgan fingerprint density at radius 1 is 1.00 bits per heavy atom. The van der Waals surface area contributed by atoms with E-state index >= 15 is 0 Å². The molecule has 1 N–H and O–H groups in total. The number of benzene rings is 2. The van der Waals surface area contributed by atoms with Gasteiger partial charge in [0.1, 0.15) is 5.82 Å². The van der Waals surface area contributed by atoms with Crippen molar-refractivity contribution in [2.24, 2.45) is 0 Å². The maximum Gasteiger partial charge on any atom is 0.131 e. The zero-order valence-electron chi connectivity index (χ0n) is 11.5. The highest BCUT2D eigenvalue weighted by atomic mass is 19.1. The lowest BCUT2D eigenvalue weighted by Gasteiger charge is -2.16. The van der Waals surface area contributed by atoms with Crippen LogP contribution < -0.4 is 5.32 Å². The molecule has 0 aliphatic carbocycles. The summed E-state index contributed by atoms with van der Waals surface area (Å²) >= 11 is 0. The predicted octanol–water partition coefficient (Wildman–Crippen LogP) is 4.55. The maximum atomic E-state index is 13.7. The molecule has 1 unspecified atom stereocenters. The molecule has 0 spiro atoms. The van der Waals surface area contributed by atoms with Gasteiger partial charge in [-0.05, 0) is 30.2 Å². The third-order valence-corrected chi connectivity index (χ3v) is 3.36. The van der Waals surface area contributed by atoms with Gasteiger partial charge in [0.2, 0.25) is 0 Å². The van der Waals surface area contributed by atoms with Crippen molar-refractivity contribution in [2.45, 2.75) is 26.3 Å². The van der Waals surface area contributed by atoms with Gasteiger partial charge in [-0.3, -0.25) is 0 Å². The fraction of sp³-hybridized carbons (Fsp3) is 0.294. The van der Waals surface area contributed by atoms with Crippen molar-refractivity contribution in [3.05, 3.63) is 59.9 Å². The van der Waals surface area contributed by atoms with E-state index in [1.807, 2.05) is 24.3 Å². The second-order valence-corrected chi connectivity index (χ2v) is 4.62. The van der Waals surface area contributed by atoms with Gasteiger partial charge in [-0.1, -0.05) is 56.3 Å². The molecule has 0 heterocycles. The van der Waals surface area contributed by atoms with Crippen molar-refractivity contribution in [1.82, 2.24) is 5.32 Å². The van der Waals surface area contributed by atoms with Crippen molar-refractivity contribution in [3.8, 4) is 11.1 Å². The first-order valence-electron chi connectivity index (χ1n) is 6.84. The Morgan fingerprint density at radius 3 is 2.26 bits per heavy atom. The van der Waals surface area contributed by atoms with E-state index in [2.05, 4.69) is 31.3 Å². The van der Waals surface area contributed by atoms with Crippen LogP contribution in [-0.2, 0) is 0 Å². The quantitative estimate of drug-likeness (QED) is 0.828. The summed E-state index contributed by atoms with van der Waals surface area (Å²) in [5.41, 5.74) is 2.84. The van der Waals surface area contributed by atoms with Crippen molar-refractivity contribution in [1.29, 1.82) is 0 Å². The van der Waals surface area contributed by atoms with Crippen molar-refractivity contribution < 1.29 is 4.39 Å². The lowest BCUT2D eigenvalue weighted by atomic mass is 9.99. The summed E-state index contributed by atoms with van der Waals surface area (Å²) < 4.78 is 13.7. The minimum absolute atomic E-state index is 0.172. The van der Waals surface area contributed by atoms with Gasteiger partial charge in [0.05, 0.1) is 0 Å². The van der Waals surface area contributed by atoms with Crippen LogP contribution in [0.25, 0.3) is 11.1 Å². The molecule has 0 aliphatic rings. The van der Waals surface area contributed by atoms with E-state index < -0.39 is 0 Å². The fourth-order valence-electron chi connectivity index (χ4n) is 2.33. The van der Waals surface area contributed by atoms with E-state index in [0.717, 1.165) is 18.5 Å². The highest BCUT2D eigenvalue weighted by Gasteiger charge is 2.08. The summed E-state index contributed by atoms with van der Waals surface area (Å²) in [6.45, 7) is 5.22. The molecule has 0 bridgehead atoms. The number of rotatable bonds is 5. The summed E-state index contributed by atoms with van der Waals surface area (Å²) in [7, 11) is 0. The summed E-state index contributed by atoms with van der Waals surface area (Å²) in [5.74, 6) is -0.172. The number of hydrogen-bond acceptors (Lipinski definition) is 1. The molecule has 0 aliphatic heterocycles. The zero-order valence-corrected chi connectivity index (χ0v) is 11.5. The first-order valence-corrected chi connectivity index (χ1v) is 6.84. The highest BCUT2D eigenvalue weighted by Crippen LogP contribution is 2.25. The molecule has 2 rings (SSSR count). The standard InChI is InChI=1S/C17H20FN/c1-3-17(19-4-2)14-11-9-13(10-12-14)15-7-5-6-8-16(15)18/h5-12,17,19H,3-4H2,1-2H3. The topological polar surface area (TPSA) is 12.0 Å². The van der Waals surface area contributed by atoms with E-state index in [1.54, 1.807) is 6.07 Å². The SMILES string of the molecule is CCNC(CC)c1ccc(-c2ccccc2F)cc1. The van der Waals surface area contributed by atoms with Crippen LogP contribution in [0.15, 0.2) is 48.5 Å². The molecule has 2 aromatic carbocycles. The Kier molecular flexibility index (Phi) is 4.69. The normalized spacial score (nSPS) is 12.4. The van der Waals surface area contributed by atoms with Gasteiger partial charge in [-0.15, -0.1) is 0 Å². The first kappa shape index (κ1) is 13.8. The summed E-state index contributed by atoms with van der Waals surface area (Å²) in [6, 6.07) is 15.4. The van der Waals surface area contributed by atoms with E-state index in [9.17, 15) is 4.39 Å². The monoisotopic (exact) mass is 257 g/mol. The molecule has 100 valence electrons. The summed E-state index contributed by atoms with van der Waals surface area (Å²) in [5, 5.41) is 3.45. The Bertz CT molecular complexity index is 519. The molecule has 0 saturated heterocycles. The second-order valence-electron chi connectivity index (χ2n) is 4.62. The van der Waals surface area contributed by atoms with Gasteiger partial charge in [0.15, 0.2) is 0 Å². The zero-order chi connectivity index (χ0) is 13.7. The number of halogens is 1. The first-order chi connectivity index (χ1) is 9.26. The van der Waals surface area contributed by atoms with Crippen LogP contribution in [-0.4, -0.2) is 6.54 Å². The highest BCUT2D eigenvalue weighted by molar-refractivity contribution is 5.64. The van der Waals surface area contributed by atoms with Crippen LogP contribution in [0.3, 0.4) is 0 Å². The third kappa shape index (κ3) is 3.21. The average Bonchev–Trinajstić information content (AvgIpc) is 2.46. The van der Waals surface area contributed by atoms with Gasteiger partial charge in [-0.2, -0.15) is 0 Å². The average molecular weight is 257 g/mol. The van der Waals surface area contributed by atoms with Gasteiger partial charge in [0.25, 0.3) is 0 Å². The molecule has 1 nitrogen and oxygen atoms in total. The van der Waals surface area contributed by atoms with Crippen molar-refractivity contribution >= 4 is 0 Å². The Morgan fingerprint density at radius 2 is 1.68 bits per heavy atom. The van der Waals surface area contributed by atoms with Crippen LogP contribution in [0.4, 0.5) is 4.39 Å². The van der Waals surface area contributed by atoms with Crippen LogP contribution in [0.1, 0.15) is 31.9 Å². The second kappa shape index (κ2) is 6.48. The molecule has 2 heteroatoms. The predicted molar refractivity (Wildman–Crippen MR) is 78.5 cm³/mol. The van der Waals surface area contributed by atoms with Gasteiger partial charge in [0, 0.05) is 11.6 Å². The van der Waals surface area contributed by atoms with E-state index in [0.29, 0.717) is 11.6 Å². The van der Waals surface area contributed by atoms with E-state index in [1.165, 1.54) is 11.6 Å². The molecule has 0 amide bonds. The molecule has 2 aromatic rings.